The molecule has 1 aliphatic rings. The third kappa shape index (κ3) is 2.81. The summed E-state index contributed by atoms with van der Waals surface area (Å²) in [6, 6.07) is 0. The minimum absolute atomic E-state index is 0.0458. The lowest BCUT2D eigenvalue weighted by Crippen LogP contribution is -2.58. The molecule has 7 heteroatoms. The Hall–Kier alpha value is -2.18. The Labute approximate surface area is 110 Å². The zero-order valence-electron chi connectivity index (χ0n) is 10.5. The van der Waals surface area contributed by atoms with E-state index in [0.717, 1.165) is 19.3 Å². The van der Waals surface area contributed by atoms with Crippen LogP contribution >= 0.6 is 0 Å². The van der Waals surface area contributed by atoms with Gasteiger partial charge in [-0.15, -0.1) is 0 Å². The molecular weight excluding hydrogens is 246 g/mol. The van der Waals surface area contributed by atoms with Crippen LogP contribution < -0.4 is 11.1 Å². The van der Waals surface area contributed by atoms with Crippen LogP contribution in [0, 0.1) is 0 Å². The van der Waals surface area contributed by atoms with Crippen molar-refractivity contribution in [3.8, 4) is 0 Å². The summed E-state index contributed by atoms with van der Waals surface area (Å²) < 4.78 is 0. The lowest BCUT2D eigenvalue weighted by molar-refractivity contribution is 0.0900. The van der Waals surface area contributed by atoms with E-state index >= 15 is 0 Å². The largest absolute Gasteiger partial charge is 0.409 e. The molecule has 1 amide bonds. The summed E-state index contributed by atoms with van der Waals surface area (Å²) in [5, 5.41) is 14.8. The van der Waals surface area contributed by atoms with Gasteiger partial charge in [-0.3, -0.25) is 9.78 Å². The standard InChI is InChI=1S/C12H17N5O2/c13-11(17-19)12(4-2-1-3-5-12)16-10(18)9-8-14-6-7-15-9/h6-8,19H,1-5H2,(H2,13,17)(H,16,18). The summed E-state index contributed by atoms with van der Waals surface area (Å²) in [5.41, 5.74) is 5.20. The van der Waals surface area contributed by atoms with Gasteiger partial charge >= 0.3 is 0 Å². The fraction of sp³-hybridized carbons (Fsp3) is 0.500. The average Bonchev–Trinajstić information content (AvgIpc) is 2.48. The molecule has 0 saturated heterocycles. The monoisotopic (exact) mass is 263 g/mol. The van der Waals surface area contributed by atoms with Crippen LogP contribution in [0.4, 0.5) is 0 Å². The van der Waals surface area contributed by atoms with Crippen molar-refractivity contribution in [1.82, 2.24) is 15.3 Å². The number of amidine groups is 1. The lowest BCUT2D eigenvalue weighted by Gasteiger charge is -2.36. The molecule has 1 saturated carbocycles. The first-order chi connectivity index (χ1) is 9.18. The van der Waals surface area contributed by atoms with Crippen molar-refractivity contribution in [2.24, 2.45) is 10.9 Å². The molecule has 0 atom stereocenters. The fourth-order valence-corrected chi connectivity index (χ4v) is 2.39. The molecule has 19 heavy (non-hydrogen) atoms. The summed E-state index contributed by atoms with van der Waals surface area (Å²) in [4.78, 5) is 19.9. The smallest absolute Gasteiger partial charge is 0.272 e. The van der Waals surface area contributed by atoms with Crippen molar-refractivity contribution in [3.63, 3.8) is 0 Å². The van der Waals surface area contributed by atoms with Crippen LogP contribution in [0.1, 0.15) is 42.6 Å². The van der Waals surface area contributed by atoms with Crippen molar-refractivity contribution in [2.45, 2.75) is 37.6 Å². The molecule has 1 fully saturated rings. The van der Waals surface area contributed by atoms with Gasteiger partial charge in [0.2, 0.25) is 0 Å². The summed E-state index contributed by atoms with van der Waals surface area (Å²) in [6.07, 6.45) is 8.60. The van der Waals surface area contributed by atoms with Crippen molar-refractivity contribution in [3.05, 3.63) is 24.3 Å². The summed E-state index contributed by atoms with van der Waals surface area (Å²) >= 11 is 0. The van der Waals surface area contributed by atoms with E-state index in [-0.39, 0.29) is 17.4 Å². The molecule has 2 rings (SSSR count). The number of oxime groups is 1. The van der Waals surface area contributed by atoms with E-state index in [0.29, 0.717) is 12.8 Å². The van der Waals surface area contributed by atoms with E-state index in [1.54, 1.807) is 0 Å². The van der Waals surface area contributed by atoms with Gasteiger partial charge in [0.1, 0.15) is 11.2 Å². The second-order valence-corrected chi connectivity index (χ2v) is 4.67. The molecule has 7 nitrogen and oxygen atoms in total. The van der Waals surface area contributed by atoms with Gasteiger partial charge in [0.15, 0.2) is 5.84 Å². The topological polar surface area (TPSA) is 113 Å². The number of nitrogens with zero attached hydrogens (tertiary/aromatic N) is 3. The Bertz CT molecular complexity index is 468. The predicted molar refractivity (Wildman–Crippen MR) is 68.7 cm³/mol. The Morgan fingerprint density at radius 2 is 2.11 bits per heavy atom. The Morgan fingerprint density at radius 1 is 1.37 bits per heavy atom. The maximum Gasteiger partial charge on any atom is 0.272 e. The van der Waals surface area contributed by atoms with Crippen LogP contribution in [-0.2, 0) is 0 Å². The third-order valence-electron chi connectivity index (χ3n) is 3.45. The summed E-state index contributed by atoms with van der Waals surface area (Å²) in [6.45, 7) is 0. The maximum absolute atomic E-state index is 12.1. The molecule has 0 unspecified atom stereocenters. The normalized spacial score (nSPS) is 18.8. The number of nitrogens with one attached hydrogen (secondary N) is 1. The quantitative estimate of drug-likeness (QED) is 0.321. The van der Waals surface area contributed by atoms with E-state index in [1.807, 2.05) is 0 Å². The molecule has 1 aromatic rings. The lowest BCUT2D eigenvalue weighted by atomic mass is 9.80. The second-order valence-electron chi connectivity index (χ2n) is 4.67. The molecule has 4 N–H and O–H groups in total. The first-order valence-corrected chi connectivity index (χ1v) is 6.24. The molecule has 1 aromatic heterocycles. The van der Waals surface area contributed by atoms with Gasteiger partial charge in [0.25, 0.3) is 5.91 Å². The van der Waals surface area contributed by atoms with Gasteiger partial charge in [-0.1, -0.05) is 24.4 Å². The first kappa shape index (κ1) is 13.3. The van der Waals surface area contributed by atoms with Crippen LogP contribution in [0.25, 0.3) is 0 Å². The zero-order chi connectivity index (χ0) is 13.7. The van der Waals surface area contributed by atoms with Crippen LogP contribution in [0.3, 0.4) is 0 Å². The molecule has 0 aliphatic heterocycles. The van der Waals surface area contributed by atoms with Crippen molar-refractivity contribution < 1.29 is 10.0 Å². The molecule has 0 aromatic carbocycles. The number of amides is 1. The fourth-order valence-electron chi connectivity index (χ4n) is 2.39. The van der Waals surface area contributed by atoms with E-state index in [1.165, 1.54) is 18.6 Å². The number of hydrogen-bond acceptors (Lipinski definition) is 5. The number of rotatable bonds is 3. The van der Waals surface area contributed by atoms with E-state index in [2.05, 4.69) is 20.4 Å². The molecule has 102 valence electrons. The molecule has 1 heterocycles. The van der Waals surface area contributed by atoms with Gasteiger partial charge in [0.05, 0.1) is 6.20 Å². The highest BCUT2D eigenvalue weighted by Gasteiger charge is 2.38. The molecular formula is C12H17N5O2. The molecule has 0 spiro atoms. The highest BCUT2D eigenvalue weighted by Crippen LogP contribution is 2.28. The van der Waals surface area contributed by atoms with Crippen LogP contribution in [0.15, 0.2) is 23.7 Å². The average molecular weight is 263 g/mol. The first-order valence-electron chi connectivity index (χ1n) is 6.24. The zero-order valence-corrected chi connectivity index (χ0v) is 10.5. The minimum atomic E-state index is -0.776. The SMILES string of the molecule is NC(=NO)C1(NC(=O)c2cnccn2)CCCCC1. The summed E-state index contributed by atoms with van der Waals surface area (Å²) in [7, 11) is 0. The van der Waals surface area contributed by atoms with Gasteiger partial charge in [-0.2, -0.15) is 0 Å². The van der Waals surface area contributed by atoms with Gasteiger partial charge in [-0.25, -0.2) is 4.98 Å². The third-order valence-corrected chi connectivity index (χ3v) is 3.45. The number of hydrogen-bond donors (Lipinski definition) is 3. The van der Waals surface area contributed by atoms with Crippen molar-refractivity contribution in [2.75, 3.05) is 0 Å². The molecule has 0 radical (unpaired) electrons. The predicted octanol–water partition coefficient (Wildman–Crippen LogP) is 0.656. The summed E-state index contributed by atoms with van der Waals surface area (Å²) in [5.74, 6) is -0.314. The number of nitrogens with two attached hydrogens (primary N) is 1. The van der Waals surface area contributed by atoms with Gasteiger partial charge in [0, 0.05) is 12.4 Å². The van der Waals surface area contributed by atoms with Gasteiger partial charge < -0.3 is 16.3 Å². The Kier molecular flexibility index (Phi) is 3.94. The van der Waals surface area contributed by atoms with E-state index < -0.39 is 5.54 Å². The van der Waals surface area contributed by atoms with Crippen molar-refractivity contribution in [1.29, 1.82) is 0 Å². The van der Waals surface area contributed by atoms with Crippen LogP contribution in [0.2, 0.25) is 0 Å². The van der Waals surface area contributed by atoms with Crippen LogP contribution in [-0.4, -0.2) is 32.5 Å². The van der Waals surface area contributed by atoms with E-state index in [9.17, 15) is 4.79 Å². The second kappa shape index (κ2) is 5.64. The van der Waals surface area contributed by atoms with Crippen LogP contribution in [0.5, 0.6) is 0 Å². The highest BCUT2D eigenvalue weighted by molar-refractivity contribution is 5.99. The Morgan fingerprint density at radius 3 is 2.68 bits per heavy atom. The molecule has 1 aliphatic carbocycles. The van der Waals surface area contributed by atoms with E-state index in [4.69, 9.17) is 10.9 Å². The minimum Gasteiger partial charge on any atom is -0.409 e. The number of carbonyl (C=O) groups is 1. The highest BCUT2D eigenvalue weighted by atomic mass is 16.4. The number of aromatic nitrogens is 2. The Balaban J connectivity index is 2.19. The number of carbonyl (C=O) groups excluding carboxylic acids is 1. The molecule has 0 bridgehead atoms. The maximum atomic E-state index is 12.1. The van der Waals surface area contributed by atoms with Crippen molar-refractivity contribution >= 4 is 11.7 Å². The van der Waals surface area contributed by atoms with Gasteiger partial charge in [-0.05, 0) is 12.8 Å².